The number of hydrogen-bond acceptors (Lipinski definition) is 4. The largest absolute Gasteiger partial charge is 0.407 e. The lowest BCUT2D eigenvalue weighted by molar-refractivity contribution is 0.00425. The van der Waals surface area contributed by atoms with Crippen molar-refractivity contribution in [2.24, 2.45) is 5.92 Å². The van der Waals surface area contributed by atoms with Gasteiger partial charge in [0, 0.05) is 6.61 Å². The van der Waals surface area contributed by atoms with E-state index in [4.69, 9.17) is 18.6 Å². The minimum atomic E-state index is -2.69. The third-order valence-corrected chi connectivity index (χ3v) is 17.0. The highest BCUT2D eigenvalue weighted by atomic mass is 28.4. The molecule has 0 unspecified atom stereocenters. The van der Waals surface area contributed by atoms with Crippen molar-refractivity contribution in [1.29, 1.82) is 0 Å². The molecular formula is C54H56O4Si. The maximum Gasteiger partial charge on any atom is 0.261 e. The minimum absolute atomic E-state index is 0.0221. The number of fused-ring (bicyclic) bond motifs is 1. The lowest BCUT2D eigenvalue weighted by Crippen LogP contribution is -2.66. The topological polar surface area (TPSA) is 40.2 Å². The van der Waals surface area contributed by atoms with Gasteiger partial charge in [-0.05, 0) is 73.3 Å². The van der Waals surface area contributed by atoms with Crippen LogP contribution in [0.2, 0.25) is 5.04 Å². The lowest BCUT2D eigenvalue weighted by atomic mass is 9.80. The number of ether oxygens (including phenoxy) is 3. The first-order chi connectivity index (χ1) is 28.9. The standard InChI is InChI=1S/C54H56O4Si/c1-53(2,3)59(49-29-15-7-16-30-49,50-31-17-8-18-32-50)57-36-35-43(40-55-39-42-33-34-44-21-19-20-22-45(44)37-42)38-51-52(58-51)41-56-54(46-23-9-4-10-24-46,47-25-11-5-12-26-47)48-27-13-6-14-28-48/h4-34,37,43,51-52H,35-36,38-41H2,1-3H3/t43-,51-,52-/m1/s1. The molecule has 5 heteroatoms. The summed E-state index contributed by atoms with van der Waals surface area (Å²) in [4.78, 5) is 0. The predicted molar refractivity (Wildman–Crippen MR) is 244 cm³/mol. The van der Waals surface area contributed by atoms with Crippen molar-refractivity contribution in [2.75, 3.05) is 19.8 Å². The molecule has 0 bridgehead atoms. The highest BCUT2D eigenvalue weighted by molar-refractivity contribution is 6.99. The Labute approximate surface area is 351 Å². The Morgan fingerprint density at radius 2 is 1.05 bits per heavy atom. The van der Waals surface area contributed by atoms with Crippen molar-refractivity contribution in [3.05, 3.63) is 216 Å². The van der Waals surface area contributed by atoms with Crippen LogP contribution in [0.15, 0.2) is 194 Å². The molecule has 0 aromatic heterocycles. The molecule has 7 aromatic rings. The fourth-order valence-electron chi connectivity index (χ4n) is 8.92. The van der Waals surface area contributed by atoms with Crippen molar-refractivity contribution in [3.63, 3.8) is 0 Å². The average molecular weight is 797 g/mol. The highest BCUT2D eigenvalue weighted by Gasteiger charge is 2.50. The molecule has 1 heterocycles. The van der Waals surface area contributed by atoms with E-state index < -0.39 is 13.9 Å². The summed E-state index contributed by atoms with van der Waals surface area (Å²) in [5.74, 6) is 0.228. The summed E-state index contributed by atoms with van der Waals surface area (Å²) in [5, 5.41) is 4.97. The summed E-state index contributed by atoms with van der Waals surface area (Å²) in [7, 11) is -2.69. The molecule has 0 saturated carbocycles. The fraction of sp³-hybridized carbons (Fsp3) is 0.259. The molecule has 0 N–H and O–H groups in total. The van der Waals surface area contributed by atoms with Crippen molar-refractivity contribution in [3.8, 4) is 0 Å². The molecule has 4 nitrogen and oxygen atoms in total. The Morgan fingerprint density at radius 1 is 0.559 bits per heavy atom. The zero-order valence-corrected chi connectivity index (χ0v) is 35.6. The van der Waals surface area contributed by atoms with Gasteiger partial charge in [-0.25, -0.2) is 0 Å². The van der Waals surface area contributed by atoms with E-state index in [0.717, 1.165) is 29.5 Å². The first kappa shape index (κ1) is 40.6. The van der Waals surface area contributed by atoms with Gasteiger partial charge in [0.25, 0.3) is 8.32 Å². The van der Waals surface area contributed by atoms with Crippen LogP contribution in [0.4, 0.5) is 0 Å². The third kappa shape index (κ3) is 9.06. The van der Waals surface area contributed by atoms with Crippen LogP contribution in [0.5, 0.6) is 0 Å². The second-order valence-corrected chi connectivity index (χ2v) is 21.2. The molecule has 59 heavy (non-hydrogen) atoms. The quantitative estimate of drug-likeness (QED) is 0.0493. The van der Waals surface area contributed by atoms with Crippen LogP contribution in [0, 0.1) is 5.92 Å². The molecule has 0 amide bonds. The number of benzene rings is 7. The van der Waals surface area contributed by atoms with Crippen LogP contribution >= 0.6 is 0 Å². The van der Waals surface area contributed by atoms with Crippen LogP contribution < -0.4 is 10.4 Å². The normalized spacial score (nSPS) is 16.2. The van der Waals surface area contributed by atoms with Gasteiger partial charge in [0.1, 0.15) is 11.7 Å². The van der Waals surface area contributed by atoms with Gasteiger partial charge in [-0.15, -0.1) is 0 Å². The van der Waals surface area contributed by atoms with Gasteiger partial charge in [0.2, 0.25) is 0 Å². The molecule has 1 aliphatic rings. The Morgan fingerprint density at radius 3 is 1.58 bits per heavy atom. The summed E-state index contributed by atoms with van der Waals surface area (Å²) in [6, 6.07) is 68.6. The third-order valence-electron chi connectivity index (χ3n) is 12.0. The molecular weight excluding hydrogens is 741 g/mol. The number of hydrogen-bond donors (Lipinski definition) is 0. The highest BCUT2D eigenvalue weighted by Crippen LogP contribution is 2.43. The Bertz CT molecular complexity index is 2210. The second-order valence-electron chi connectivity index (χ2n) is 16.9. The van der Waals surface area contributed by atoms with Gasteiger partial charge in [-0.1, -0.05) is 209 Å². The summed E-state index contributed by atoms with van der Waals surface area (Å²) in [6.07, 6.45) is 1.77. The van der Waals surface area contributed by atoms with Crippen molar-refractivity contribution in [2.45, 2.75) is 63.1 Å². The van der Waals surface area contributed by atoms with E-state index in [-0.39, 0.29) is 23.2 Å². The first-order valence-electron chi connectivity index (χ1n) is 21.1. The van der Waals surface area contributed by atoms with Crippen LogP contribution in [0.1, 0.15) is 55.9 Å². The van der Waals surface area contributed by atoms with E-state index in [1.807, 2.05) is 0 Å². The average Bonchev–Trinajstić information content (AvgIpc) is 4.03. The molecule has 0 radical (unpaired) electrons. The summed E-state index contributed by atoms with van der Waals surface area (Å²) in [6.45, 7) is 9.29. The molecule has 1 fully saturated rings. The Balaban J connectivity index is 1.02. The van der Waals surface area contributed by atoms with Gasteiger partial charge in [0.05, 0.1) is 25.9 Å². The maximum absolute atomic E-state index is 7.40. The first-order valence-corrected chi connectivity index (χ1v) is 23.0. The SMILES string of the molecule is CC(C)(C)[Si](OCC[C@@H](COCc1ccc2ccccc2c1)C[C@H]1O[C@@H]1COC(c1ccccc1)(c1ccccc1)c1ccccc1)(c1ccccc1)c1ccccc1. The summed E-state index contributed by atoms with van der Waals surface area (Å²) >= 11 is 0. The van der Waals surface area contributed by atoms with E-state index in [1.54, 1.807) is 0 Å². The van der Waals surface area contributed by atoms with Crippen molar-refractivity contribution < 1.29 is 18.6 Å². The van der Waals surface area contributed by atoms with Crippen molar-refractivity contribution in [1.82, 2.24) is 0 Å². The van der Waals surface area contributed by atoms with Gasteiger partial charge in [0.15, 0.2) is 0 Å². The molecule has 0 spiro atoms. The smallest absolute Gasteiger partial charge is 0.261 e. The van der Waals surface area contributed by atoms with E-state index in [0.29, 0.717) is 26.4 Å². The van der Waals surface area contributed by atoms with Gasteiger partial charge in [-0.3, -0.25) is 0 Å². The molecule has 0 aliphatic carbocycles. The zero-order valence-electron chi connectivity index (χ0n) is 34.6. The van der Waals surface area contributed by atoms with E-state index >= 15 is 0 Å². The van der Waals surface area contributed by atoms with E-state index in [9.17, 15) is 0 Å². The Kier molecular flexibility index (Phi) is 12.7. The molecule has 1 saturated heterocycles. The molecule has 3 atom stereocenters. The van der Waals surface area contributed by atoms with E-state index in [1.165, 1.54) is 26.7 Å². The van der Waals surface area contributed by atoms with Gasteiger partial charge in [-0.2, -0.15) is 0 Å². The van der Waals surface area contributed by atoms with Gasteiger partial charge >= 0.3 is 0 Å². The number of rotatable bonds is 18. The maximum atomic E-state index is 7.40. The van der Waals surface area contributed by atoms with Crippen LogP contribution in [-0.2, 0) is 30.8 Å². The zero-order chi connectivity index (χ0) is 40.5. The van der Waals surface area contributed by atoms with Crippen LogP contribution in [0.25, 0.3) is 10.8 Å². The van der Waals surface area contributed by atoms with E-state index in [2.05, 4.69) is 215 Å². The van der Waals surface area contributed by atoms with Crippen LogP contribution in [0.3, 0.4) is 0 Å². The molecule has 1 aliphatic heterocycles. The number of epoxide rings is 1. The lowest BCUT2D eigenvalue weighted by Gasteiger charge is -2.43. The second kappa shape index (κ2) is 18.4. The Hall–Kier alpha value is -5.14. The van der Waals surface area contributed by atoms with Crippen molar-refractivity contribution >= 4 is 29.5 Å². The molecule has 7 aromatic carbocycles. The molecule has 300 valence electrons. The summed E-state index contributed by atoms with van der Waals surface area (Å²) < 4.78 is 27.6. The monoisotopic (exact) mass is 796 g/mol. The van der Waals surface area contributed by atoms with Crippen LogP contribution in [-0.4, -0.2) is 40.3 Å². The summed E-state index contributed by atoms with van der Waals surface area (Å²) in [5.41, 5.74) is 3.67. The molecule has 8 rings (SSSR count). The van der Waals surface area contributed by atoms with Gasteiger partial charge < -0.3 is 18.6 Å². The fourth-order valence-corrected chi connectivity index (χ4v) is 13.5. The minimum Gasteiger partial charge on any atom is -0.407 e. The predicted octanol–water partition coefficient (Wildman–Crippen LogP) is 11.1.